The molecule has 0 spiro atoms. The molecule has 1 N–H and O–H groups in total. The van der Waals surface area contributed by atoms with Crippen molar-refractivity contribution in [2.24, 2.45) is 0 Å². The molecule has 28 heavy (non-hydrogen) atoms. The third-order valence-corrected chi connectivity index (χ3v) is 4.73. The Morgan fingerprint density at radius 3 is 2.25 bits per heavy atom. The Bertz CT molecular complexity index is 778. The summed E-state index contributed by atoms with van der Waals surface area (Å²) < 4.78 is 11.7. The summed E-state index contributed by atoms with van der Waals surface area (Å²) in [5.41, 5.74) is 0.928. The van der Waals surface area contributed by atoms with E-state index in [0.29, 0.717) is 24.6 Å². The zero-order chi connectivity index (χ0) is 20.5. The Hall–Kier alpha value is -2.54. The van der Waals surface area contributed by atoms with Crippen LogP contribution in [0.4, 0.5) is 0 Å². The Kier molecular flexibility index (Phi) is 8.32. The second-order valence-electron chi connectivity index (χ2n) is 6.18. The predicted molar refractivity (Wildman–Crippen MR) is 111 cm³/mol. The highest BCUT2D eigenvalue weighted by Gasteiger charge is 2.26. The van der Waals surface area contributed by atoms with Crippen LogP contribution in [0.25, 0.3) is 0 Å². The molecule has 0 saturated heterocycles. The molecule has 0 bridgehead atoms. The topological polar surface area (TPSA) is 67.9 Å². The van der Waals surface area contributed by atoms with Crippen LogP contribution in [0.2, 0.25) is 0 Å². The molecular formula is C21H25BrN2O4. The van der Waals surface area contributed by atoms with Crippen molar-refractivity contribution < 1.29 is 19.1 Å². The van der Waals surface area contributed by atoms with Crippen molar-refractivity contribution >= 4 is 27.7 Å². The van der Waals surface area contributed by atoms with Gasteiger partial charge in [-0.3, -0.25) is 9.59 Å². The molecule has 0 radical (unpaired) electrons. The summed E-state index contributed by atoms with van der Waals surface area (Å²) in [7, 11) is 1.59. The number of carbonyl (C=O) groups excluding carboxylic acids is 2. The van der Waals surface area contributed by atoms with Crippen LogP contribution in [0.1, 0.15) is 19.4 Å². The van der Waals surface area contributed by atoms with E-state index < -0.39 is 6.04 Å². The number of amides is 2. The van der Waals surface area contributed by atoms with E-state index in [2.05, 4.69) is 21.2 Å². The van der Waals surface area contributed by atoms with Crippen molar-refractivity contribution in [2.45, 2.75) is 26.4 Å². The highest BCUT2D eigenvalue weighted by atomic mass is 79.9. The molecule has 0 heterocycles. The lowest BCUT2D eigenvalue weighted by atomic mass is 10.1. The number of hydrogen-bond acceptors (Lipinski definition) is 4. The highest BCUT2D eigenvalue weighted by Crippen LogP contribution is 2.18. The molecule has 1 atom stereocenters. The SMILES string of the molecule is CCNC(=O)[C@H](C)N(Cc1ccc(Br)cc1)C(=O)COc1ccc(OC)cc1. The summed E-state index contributed by atoms with van der Waals surface area (Å²) in [6.07, 6.45) is 0. The van der Waals surface area contributed by atoms with Gasteiger partial charge in [-0.05, 0) is 55.8 Å². The number of hydrogen-bond donors (Lipinski definition) is 1. The maximum atomic E-state index is 12.8. The fraction of sp³-hybridized carbons (Fsp3) is 0.333. The summed E-state index contributed by atoms with van der Waals surface area (Å²) in [5, 5.41) is 2.77. The monoisotopic (exact) mass is 448 g/mol. The van der Waals surface area contributed by atoms with E-state index in [-0.39, 0.29) is 18.4 Å². The van der Waals surface area contributed by atoms with Crippen molar-refractivity contribution in [1.82, 2.24) is 10.2 Å². The number of rotatable bonds is 9. The molecule has 0 aliphatic carbocycles. The zero-order valence-electron chi connectivity index (χ0n) is 16.3. The molecule has 2 amide bonds. The Morgan fingerprint density at radius 1 is 1.07 bits per heavy atom. The first kappa shape index (κ1) is 21.8. The van der Waals surface area contributed by atoms with Gasteiger partial charge in [0.15, 0.2) is 6.61 Å². The molecule has 2 aromatic rings. The van der Waals surface area contributed by atoms with Crippen molar-refractivity contribution in [3.63, 3.8) is 0 Å². The van der Waals surface area contributed by atoms with Gasteiger partial charge in [0.1, 0.15) is 17.5 Å². The summed E-state index contributed by atoms with van der Waals surface area (Å²) in [4.78, 5) is 26.7. The van der Waals surface area contributed by atoms with Gasteiger partial charge in [-0.1, -0.05) is 28.1 Å². The van der Waals surface area contributed by atoms with Gasteiger partial charge in [-0.2, -0.15) is 0 Å². The molecule has 0 fully saturated rings. The van der Waals surface area contributed by atoms with Crippen LogP contribution in [0.5, 0.6) is 11.5 Å². The third kappa shape index (κ3) is 6.27. The number of nitrogens with zero attached hydrogens (tertiary/aromatic N) is 1. The van der Waals surface area contributed by atoms with Crippen LogP contribution >= 0.6 is 15.9 Å². The van der Waals surface area contributed by atoms with Crippen LogP contribution in [0.15, 0.2) is 53.0 Å². The maximum Gasteiger partial charge on any atom is 0.261 e. The molecule has 0 aliphatic rings. The number of methoxy groups -OCH3 is 1. The van der Waals surface area contributed by atoms with Crippen LogP contribution in [-0.2, 0) is 16.1 Å². The second-order valence-corrected chi connectivity index (χ2v) is 7.10. The van der Waals surface area contributed by atoms with Gasteiger partial charge in [0.25, 0.3) is 5.91 Å². The van der Waals surface area contributed by atoms with Crippen LogP contribution in [0, 0.1) is 0 Å². The van der Waals surface area contributed by atoms with E-state index in [9.17, 15) is 9.59 Å². The van der Waals surface area contributed by atoms with Crippen molar-refractivity contribution in [2.75, 3.05) is 20.3 Å². The molecular weight excluding hydrogens is 424 g/mol. The van der Waals surface area contributed by atoms with E-state index in [4.69, 9.17) is 9.47 Å². The number of ether oxygens (including phenoxy) is 2. The first-order valence-corrected chi connectivity index (χ1v) is 9.82. The van der Waals surface area contributed by atoms with Gasteiger partial charge in [-0.15, -0.1) is 0 Å². The van der Waals surface area contributed by atoms with Gasteiger partial charge in [-0.25, -0.2) is 0 Å². The van der Waals surface area contributed by atoms with Crippen LogP contribution < -0.4 is 14.8 Å². The fourth-order valence-corrected chi connectivity index (χ4v) is 2.86. The molecule has 2 aromatic carbocycles. The quantitative estimate of drug-likeness (QED) is 0.638. The van der Waals surface area contributed by atoms with Crippen molar-refractivity contribution in [1.29, 1.82) is 0 Å². The average molecular weight is 449 g/mol. The van der Waals surface area contributed by atoms with Gasteiger partial charge in [0, 0.05) is 17.6 Å². The van der Waals surface area contributed by atoms with Gasteiger partial charge in [0.2, 0.25) is 5.91 Å². The number of benzene rings is 2. The zero-order valence-corrected chi connectivity index (χ0v) is 17.9. The van der Waals surface area contributed by atoms with E-state index in [1.165, 1.54) is 4.90 Å². The fourth-order valence-electron chi connectivity index (χ4n) is 2.59. The van der Waals surface area contributed by atoms with Gasteiger partial charge >= 0.3 is 0 Å². The third-order valence-electron chi connectivity index (χ3n) is 4.21. The van der Waals surface area contributed by atoms with Crippen LogP contribution in [-0.4, -0.2) is 43.0 Å². The summed E-state index contributed by atoms with van der Waals surface area (Å²) in [5.74, 6) is 0.804. The minimum Gasteiger partial charge on any atom is -0.497 e. The van der Waals surface area contributed by atoms with Gasteiger partial charge < -0.3 is 19.7 Å². The Morgan fingerprint density at radius 2 is 1.68 bits per heavy atom. The van der Waals surface area contributed by atoms with Crippen LogP contribution in [0.3, 0.4) is 0 Å². The van der Waals surface area contributed by atoms with E-state index in [1.54, 1.807) is 38.3 Å². The number of likely N-dealkylation sites (N-methyl/N-ethyl adjacent to an activating group) is 1. The van der Waals surface area contributed by atoms with E-state index in [1.807, 2.05) is 31.2 Å². The summed E-state index contributed by atoms with van der Waals surface area (Å²) in [6.45, 7) is 4.22. The molecule has 7 heteroatoms. The maximum absolute atomic E-state index is 12.8. The molecule has 0 aliphatic heterocycles. The largest absolute Gasteiger partial charge is 0.497 e. The smallest absolute Gasteiger partial charge is 0.261 e. The first-order valence-electron chi connectivity index (χ1n) is 9.03. The lowest BCUT2D eigenvalue weighted by Crippen LogP contribution is -2.49. The van der Waals surface area contributed by atoms with Crippen molar-refractivity contribution in [3.05, 3.63) is 58.6 Å². The van der Waals surface area contributed by atoms with Crippen molar-refractivity contribution in [3.8, 4) is 11.5 Å². The van der Waals surface area contributed by atoms with E-state index in [0.717, 1.165) is 10.0 Å². The second kappa shape index (κ2) is 10.7. The number of halogens is 1. The normalized spacial score (nSPS) is 11.4. The lowest BCUT2D eigenvalue weighted by Gasteiger charge is -2.28. The predicted octanol–water partition coefficient (Wildman–Crippen LogP) is 3.39. The van der Waals surface area contributed by atoms with Gasteiger partial charge in [0.05, 0.1) is 7.11 Å². The summed E-state index contributed by atoms with van der Waals surface area (Å²) >= 11 is 3.40. The Balaban J connectivity index is 2.10. The van der Waals surface area contributed by atoms with E-state index >= 15 is 0 Å². The molecule has 2 rings (SSSR count). The minimum absolute atomic E-state index is 0.160. The molecule has 6 nitrogen and oxygen atoms in total. The minimum atomic E-state index is -0.615. The molecule has 150 valence electrons. The molecule has 0 aromatic heterocycles. The number of carbonyl (C=O) groups is 2. The average Bonchev–Trinajstić information content (AvgIpc) is 2.71. The first-order chi connectivity index (χ1) is 13.4. The molecule has 0 saturated carbocycles. The molecule has 0 unspecified atom stereocenters. The standard InChI is InChI=1S/C21H25BrN2O4/c1-4-23-21(26)15(2)24(13-16-5-7-17(22)8-6-16)20(25)14-28-19-11-9-18(27-3)10-12-19/h5-12,15H,4,13-14H2,1-3H3,(H,23,26)/t15-/m0/s1. The lowest BCUT2D eigenvalue weighted by molar-refractivity contribution is -0.142. The summed E-state index contributed by atoms with van der Waals surface area (Å²) in [6, 6.07) is 14.0. The highest BCUT2D eigenvalue weighted by molar-refractivity contribution is 9.10. The Labute approximate surface area is 174 Å². The number of nitrogens with one attached hydrogen (secondary N) is 1.